The molecular weight excluding hydrogens is 324 g/mol. The van der Waals surface area contributed by atoms with Crippen molar-refractivity contribution in [2.45, 2.75) is 18.7 Å². The topological polar surface area (TPSA) is 128 Å². The van der Waals surface area contributed by atoms with Crippen molar-refractivity contribution in [2.24, 2.45) is 0 Å². The Kier molecular flexibility index (Phi) is 3.83. The number of hydrogen-bond acceptors (Lipinski definition) is 7. The molecule has 21 heavy (non-hydrogen) atoms. The number of halogens is 1. The smallest absolute Gasteiger partial charge is 0.312 e. The molecule has 0 fully saturated rings. The van der Waals surface area contributed by atoms with Crippen molar-refractivity contribution in [3.05, 3.63) is 38.9 Å². The highest BCUT2D eigenvalue weighted by Crippen LogP contribution is 2.28. The van der Waals surface area contributed by atoms with E-state index in [0.717, 1.165) is 6.07 Å². The number of nitrogens with one attached hydrogen (secondary N) is 1. The van der Waals surface area contributed by atoms with Crippen molar-refractivity contribution >= 4 is 33.1 Å². The number of nitro groups is 1. The lowest BCUT2D eigenvalue weighted by Crippen LogP contribution is -2.16. The predicted molar refractivity (Wildman–Crippen MR) is 72.7 cm³/mol. The van der Waals surface area contributed by atoms with Gasteiger partial charge in [0.2, 0.25) is 5.82 Å². The molecule has 0 amide bonds. The molecule has 0 saturated carbocycles. The van der Waals surface area contributed by atoms with Gasteiger partial charge in [0.15, 0.2) is 10.7 Å². The van der Waals surface area contributed by atoms with E-state index in [0.29, 0.717) is 0 Å². The van der Waals surface area contributed by atoms with Gasteiger partial charge in [-0.15, -0.1) is 0 Å². The Bertz CT molecular complexity index is 797. The lowest BCUT2D eigenvalue weighted by molar-refractivity contribution is -0.384. The zero-order valence-electron chi connectivity index (χ0n) is 10.8. The summed E-state index contributed by atoms with van der Waals surface area (Å²) in [7, 11) is -4.14. The summed E-state index contributed by atoms with van der Waals surface area (Å²) in [5.41, 5.74) is -0.389. The van der Waals surface area contributed by atoms with Gasteiger partial charge in [-0.2, -0.15) is 0 Å². The molecule has 0 saturated heterocycles. The van der Waals surface area contributed by atoms with E-state index in [2.05, 4.69) is 10.1 Å². The summed E-state index contributed by atoms with van der Waals surface area (Å²) < 4.78 is 31.3. The number of hydrogen-bond donors (Lipinski definition) is 1. The van der Waals surface area contributed by atoms with E-state index in [1.807, 2.05) is 4.72 Å². The maximum absolute atomic E-state index is 12.3. The van der Waals surface area contributed by atoms with Crippen molar-refractivity contribution in [1.29, 1.82) is 0 Å². The molecule has 0 aliphatic rings. The van der Waals surface area contributed by atoms with Gasteiger partial charge in [0.25, 0.3) is 10.0 Å². The van der Waals surface area contributed by atoms with E-state index in [9.17, 15) is 18.5 Å². The molecule has 2 rings (SSSR count). The zero-order chi connectivity index (χ0) is 15.8. The van der Waals surface area contributed by atoms with E-state index in [1.54, 1.807) is 0 Å². The highest BCUT2D eigenvalue weighted by molar-refractivity contribution is 7.92. The summed E-state index contributed by atoms with van der Waals surface area (Å²) in [5.74, 6) is -0.419. The standard InChI is InChI=1S/C10H9ClN4O5S/c1-5-9(6(2)20-13-5)21(18,19)14-10-7(15(16)17)3-4-8(11)12-10/h3-4H,1-2H3,(H,12,14). The first-order valence-corrected chi connectivity index (χ1v) is 7.35. The number of aryl methyl sites for hydroxylation is 2. The molecule has 1 N–H and O–H groups in total. The van der Waals surface area contributed by atoms with Crippen LogP contribution < -0.4 is 4.72 Å². The van der Waals surface area contributed by atoms with Crippen LogP contribution in [0.4, 0.5) is 11.5 Å². The molecule has 0 aromatic carbocycles. The van der Waals surface area contributed by atoms with Crippen molar-refractivity contribution in [3.63, 3.8) is 0 Å². The third kappa shape index (κ3) is 2.95. The van der Waals surface area contributed by atoms with E-state index in [4.69, 9.17) is 16.1 Å². The number of aromatic nitrogens is 2. The number of anilines is 1. The van der Waals surface area contributed by atoms with Crippen LogP contribution in [0.1, 0.15) is 11.5 Å². The zero-order valence-corrected chi connectivity index (χ0v) is 12.4. The van der Waals surface area contributed by atoms with E-state index in [1.165, 1.54) is 19.9 Å². The summed E-state index contributed by atoms with van der Waals surface area (Å²) in [4.78, 5) is 13.6. The summed E-state index contributed by atoms with van der Waals surface area (Å²) >= 11 is 5.64. The van der Waals surface area contributed by atoms with Crippen LogP contribution in [0.2, 0.25) is 5.15 Å². The van der Waals surface area contributed by atoms with Crippen molar-refractivity contribution in [1.82, 2.24) is 10.1 Å². The van der Waals surface area contributed by atoms with Gasteiger partial charge in [0.1, 0.15) is 10.8 Å². The minimum Gasteiger partial charge on any atom is -0.360 e. The number of pyridine rings is 1. The van der Waals surface area contributed by atoms with Crippen LogP contribution in [0, 0.1) is 24.0 Å². The van der Waals surface area contributed by atoms with E-state index < -0.39 is 26.5 Å². The Balaban J connectivity index is 2.51. The van der Waals surface area contributed by atoms with Crippen LogP contribution in [0.15, 0.2) is 21.6 Å². The molecule has 112 valence electrons. The monoisotopic (exact) mass is 332 g/mol. The number of nitrogens with zero attached hydrogens (tertiary/aromatic N) is 3. The lowest BCUT2D eigenvalue weighted by Gasteiger charge is -2.07. The Morgan fingerprint density at radius 2 is 2.05 bits per heavy atom. The molecule has 0 unspecified atom stereocenters. The second-order valence-electron chi connectivity index (χ2n) is 4.02. The molecule has 2 heterocycles. The minimum absolute atomic E-state index is 0.0599. The fraction of sp³-hybridized carbons (Fsp3) is 0.200. The normalized spacial score (nSPS) is 11.4. The molecule has 0 atom stereocenters. The van der Waals surface area contributed by atoms with Crippen LogP contribution in [0.3, 0.4) is 0 Å². The predicted octanol–water partition coefficient (Wildman–Crippen LogP) is 2.05. The van der Waals surface area contributed by atoms with Gasteiger partial charge in [0, 0.05) is 6.07 Å². The van der Waals surface area contributed by atoms with Gasteiger partial charge in [0.05, 0.1) is 4.92 Å². The average molecular weight is 333 g/mol. The molecular formula is C10H9ClN4O5S. The van der Waals surface area contributed by atoms with Gasteiger partial charge < -0.3 is 4.52 Å². The van der Waals surface area contributed by atoms with E-state index >= 15 is 0 Å². The van der Waals surface area contributed by atoms with Crippen LogP contribution in [0.5, 0.6) is 0 Å². The summed E-state index contributed by atoms with van der Waals surface area (Å²) in [6.07, 6.45) is 0. The van der Waals surface area contributed by atoms with Crippen LogP contribution in [-0.2, 0) is 10.0 Å². The van der Waals surface area contributed by atoms with Crippen LogP contribution >= 0.6 is 11.6 Å². The quantitative estimate of drug-likeness (QED) is 0.515. The third-order valence-electron chi connectivity index (χ3n) is 2.50. The Labute approximate surface area is 124 Å². The fourth-order valence-corrected chi connectivity index (χ4v) is 3.18. The highest BCUT2D eigenvalue weighted by atomic mass is 35.5. The van der Waals surface area contributed by atoms with Gasteiger partial charge in [-0.1, -0.05) is 16.8 Å². The van der Waals surface area contributed by atoms with Gasteiger partial charge >= 0.3 is 5.69 Å². The molecule has 11 heteroatoms. The summed E-state index contributed by atoms with van der Waals surface area (Å²) in [6, 6.07) is 2.24. The number of rotatable bonds is 4. The summed E-state index contributed by atoms with van der Waals surface area (Å²) in [6.45, 7) is 2.85. The van der Waals surface area contributed by atoms with Crippen LogP contribution in [-0.4, -0.2) is 23.5 Å². The minimum atomic E-state index is -4.14. The number of sulfonamides is 1. The van der Waals surface area contributed by atoms with Gasteiger partial charge in [-0.05, 0) is 19.9 Å². The molecule has 0 aliphatic carbocycles. The first-order chi connectivity index (χ1) is 9.72. The van der Waals surface area contributed by atoms with Crippen molar-refractivity contribution in [2.75, 3.05) is 4.72 Å². The SMILES string of the molecule is Cc1noc(C)c1S(=O)(=O)Nc1nc(Cl)ccc1[N+](=O)[O-]. The molecule has 0 aliphatic heterocycles. The first kappa shape index (κ1) is 15.2. The maximum atomic E-state index is 12.3. The van der Waals surface area contributed by atoms with Gasteiger partial charge in [-0.3, -0.25) is 14.8 Å². The second kappa shape index (κ2) is 5.30. The molecule has 0 spiro atoms. The Morgan fingerprint density at radius 1 is 1.38 bits per heavy atom. The summed E-state index contributed by atoms with van der Waals surface area (Å²) in [5, 5.41) is 14.3. The molecule has 9 nitrogen and oxygen atoms in total. The highest BCUT2D eigenvalue weighted by Gasteiger charge is 2.28. The van der Waals surface area contributed by atoms with E-state index in [-0.39, 0.29) is 21.5 Å². The Hall–Kier alpha value is -2.20. The third-order valence-corrected chi connectivity index (χ3v) is 4.30. The van der Waals surface area contributed by atoms with Gasteiger partial charge in [-0.25, -0.2) is 13.4 Å². The Morgan fingerprint density at radius 3 is 2.57 bits per heavy atom. The largest absolute Gasteiger partial charge is 0.360 e. The molecule has 0 bridgehead atoms. The molecule has 2 aromatic heterocycles. The van der Waals surface area contributed by atoms with Crippen molar-refractivity contribution < 1.29 is 17.9 Å². The maximum Gasteiger partial charge on any atom is 0.312 e. The first-order valence-electron chi connectivity index (χ1n) is 5.49. The molecule has 0 radical (unpaired) electrons. The average Bonchev–Trinajstić information content (AvgIpc) is 2.68. The van der Waals surface area contributed by atoms with Crippen LogP contribution in [0.25, 0.3) is 0 Å². The fourth-order valence-electron chi connectivity index (χ4n) is 1.69. The lowest BCUT2D eigenvalue weighted by atomic mass is 10.4. The van der Waals surface area contributed by atoms with Crippen molar-refractivity contribution in [3.8, 4) is 0 Å². The molecule has 2 aromatic rings. The second-order valence-corrected chi connectivity index (χ2v) is 6.02.